The zero-order chi connectivity index (χ0) is 19.3. The molecule has 0 atom stereocenters. The molecule has 1 N–H and O–H groups in total. The van der Waals surface area contributed by atoms with Crippen LogP contribution in [0.5, 0.6) is 5.75 Å². The van der Waals surface area contributed by atoms with Gasteiger partial charge in [0.25, 0.3) is 0 Å². The zero-order valence-electron chi connectivity index (χ0n) is 14.8. The summed E-state index contributed by atoms with van der Waals surface area (Å²) in [6, 6.07) is 23.6. The van der Waals surface area contributed by atoms with E-state index in [9.17, 15) is 4.79 Å². The Morgan fingerprint density at radius 3 is 1.96 bits per heavy atom. The molecule has 1 aromatic heterocycles. The third-order valence-corrected chi connectivity index (χ3v) is 4.15. The van der Waals surface area contributed by atoms with E-state index in [0.717, 1.165) is 16.9 Å². The minimum absolute atomic E-state index is 0.203. The van der Waals surface area contributed by atoms with Crippen molar-refractivity contribution in [3.05, 3.63) is 90.0 Å². The van der Waals surface area contributed by atoms with E-state index in [1.807, 2.05) is 54.6 Å². The monoisotopic (exact) mass is 372 g/mol. The second-order valence-corrected chi connectivity index (χ2v) is 6.09. The van der Waals surface area contributed by atoms with Crippen molar-refractivity contribution < 1.29 is 19.1 Å². The summed E-state index contributed by atoms with van der Waals surface area (Å²) in [6.45, 7) is 0.497. The summed E-state index contributed by atoms with van der Waals surface area (Å²) in [4.78, 5) is 10.9. The van der Waals surface area contributed by atoms with Crippen molar-refractivity contribution in [2.75, 3.05) is 0 Å². The lowest BCUT2D eigenvalue weighted by Gasteiger charge is -2.06. The largest absolute Gasteiger partial charge is 0.489 e. The second-order valence-electron chi connectivity index (χ2n) is 6.09. The van der Waals surface area contributed by atoms with Crippen LogP contribution in [0.3, 0.4) is 0 Å². The number of benzene rings is 3. The SMILES string of the molecule is O=C(O)c1ccc(-c2nnc(-c3ccc(OCc4ccccc4)cc3)o2)cc1. The van der Waals surface area contributed by atoms with Crippen LogP contribution in [0.1, 0.15) is 15.9 Å². The van der Waals surface area contributed by atoms with Gasteiger partial charge in [-0.15, -0.1) is 10.2 Å². The van der Waals surface area contributed by atoms with Crippen molar-refractivity contribution in [3.63, 3.8) is 0 Å². The van der Waals surface area contributed by atoms with Crippen molar-refractivity contribution in [1.82, 2.24) is 10.2 Å². The highest BCUT2D eigenvalue weighted by Crippen LogP contribution is 2.26. The number of nitrogens with zero attached hydrogens (tertiary/aromatic N) is 2. The molecule has 1 heterocycles. The Morgan fingerprint density at radius 2 is 1.39 bits per heavy atom. The van der Waals surface area contributed by atoms with Crippen LogP contribution in [0.2, 0.25) is 0 Å². The molecule has 0 aliphatic rings. The molecule has 0 spiro atoms. The molecule has 0 amide bonds. The number of carbonyl (C=O) groups is 1. The van der Waals surface area contributed by atoms with E-state index in [1.54, 1.807) is 12.1 Å². The summed E-state index contributed by atoms with van der Waals surface area (Å²) in [5.74, 6) is 0.479. The molecule has 0 saturated carbocycles. The van der Waals surface area contributed by atoms with Crippen LogP contribution in [0, 0.1) is 0 Å². The molecule has 28 heavy (non-hydrogen) atoms. The summed E-state index contributed by atoms with van der Waals surface area (Å²) in [6.07, 6.45) is 0. The average molecular weight is 372 g/mol. The molecule has 6 nitrogen and oxygen atoms in total. The molecule has 0 aliphatic heterocycles. The number of aromatic carboxylic acids is 1. The Hall–Kier alpha value is -3.93. The van der Waals surface area contributed by atoms with Gasteiger partial charge in [0.05, 0.1) is 5.56 Å². The number of carboxylic acid groups (broad SMARTS) is 1. The lowest BCUT2D eigenvalue weighted by molar-refractivity contribution is 0.0697. The van der Waals surface area contributed by atoms with E-state index in [2.05, 4.69) is 10.2 Å². The fourth-order valence-corrected chi connectivity index (χ4v) is 2.65. The van der Waals surface area contributed by atoms with Crippen LogP contribution < -0.4 is 4.74 Å². The summed E-state index contributed by atoms with van der Waals surface area (Å²) in [5, 5.41) is 17.1. The molecule has 0 aliphatic carbocycles. The molecule has 0 bridgehead atoms. The first-order valence-corrected chi connectivity index (χ1v) is 8.63. The van der Waals surface area contributed by atoms with E-state index in [-0.39, 0.29) is 5.56 Å². The second kappa shape index (κ2) is 7.75. The number of hydrogen-bond acceptors (Lipinski definition) is 5. The van der Waals surface area contributed by atoms with Crippen LogP contribution in [0.4, 0.5) is 0 Å². The third kappa shape index (κ3) is 3.91. The first-order valence-electron chi connectivity index (χ1n) is 8.63. The normalized spacial score (nSPS) is 10.6. The van der Waals surface area contributed by atoms with E-state index in [1.165, 1.54) is 12.1 Å². The highest BCUT2D eigenvalue weighted by molar-refractivity contribution is 5.88. The minimum Gasteiger partial charge on any atom is -0.489 e. The third-order valence-electron chi connectivity index (χ3n) is 4.15. The summed E-state index contributed by atoms with van der Waals surface area (Å²) >= 11 is 0. The zero-order valence-corrected chi connectivity index (χ0v) is 14.8. The van der Waals surface area contributed by atoms with Gasteiger partial charge in [-0.3, -0.25) is 0 Å². The van der Waals surface area contributed by atoms with Crippen LogP contribution in [-0.2, 0) is 6.61 Å². The van der Waals surface area contributed by atoms with E-state index >= 15 is 0 Å². The molecule has 0 saturated heterocycles. The maximum Gasteiger partial charge on any atom is 0.335 e. The van der Waals surface area contributed by atoms with Crippen LogP contribution >= 0.6 is 0 Å². The molecule has 4 aromatic rings. The van der Waals surface area contributed by atoms with Crippen molar-refractivity contribution in [3.8, 4) is 28.7 Å². The predicted molar refractivity (Wildman–Crippen MR) is 103 cm³/mol. The molecule has 0 fully saturated rings. The highest BCUT2D eigenvalue weighted by atomic mass is 16.5. The minimum atomic E-state index is -0.979. The highest BCUT2D eigenvalue weighted by Gasteiger charge is 2.11. The Morgan fingerprint density at radius 1 is 0.821 bits per heavy atom. The van der Waals surface area contributed by atoms with Gasteiger partial charge in [0, 0.05) is 11.1 Å². The molecule has 6 heteroatoms. The van der Waals surface area contributed by atoms with Crippen molar-refractivity contribution >= 4 is 5.97 Å². The molecular weight excluding hydrogens is 356 g/mol. The van der Waals surface area contributed by atoms with Crippen LogP contribution in [-0.4, -0.2) is 21.3 Å². The smallest absolute Gasteiger partial charge is 0.335 e. The van der Waals surface area contributed by atoms with Gasteiger partial charge < -0.3 is 14.3 Å². The average Bonchev–Trinajstić information content (AvgIpc) is 3.24. The van der Waals surface area contributed by atoms with Gasteiger partial charge in [0.2, 0.25) is 11.8 Å². The number of rotatable bonds is 6. The van der Waals surface area contributed by atoms with Crippen LogP contribution in [0.25, 0.3) is 22.9 Å². The first-order chi connectivity index (χ1) is 13.7. The Kier molecular flexibility index (Phi) is 4.84. The van der Waals surface area contributed by atoms with E-state index in [4.69, 9.17) is 14.3 Å². The number of aromatic nitrogens is 2. The van der Waals surface area contributed by atoms with Crippen molar-refractivity contribution in [2.24, 2.45) is 0 Å². The number of carboxylic acids is 1. The maximum atomic E-state index is 10.9. The molecule has 0 radical (unpaired) electrons. The van der Waals surface area contributed by atoms with Gasteiger partial charge in [-0.1, -0.05) is 30.3 Å². The lowest BCUT2D eigenvalue weighted by Crippen LogP contribution is -1.94. The van der Waals surface area contributed by atoms with Crippen molar-refractivity contribution in [2.45, 2.75) is 6.61 Å². The molecular formula is C22H16N2O4. The Bertz CT molecular complexity index is 1070. The molecule has 0 unspecified atom stereocenters. The lowest BCUT2D eigenvalue weighted by atomic mass is 10.1. The van der Waals surface area contributed by atoms with E-state index in [0.29, 0.717) is 24.0 Å². The van der Waals surface area contributed by atoms with Gasteiger partial charge in [0.15, 0.2) is 0 Å². The summed E-state index contributed by atoms with van der Waals surface area (Å²) in [5.41, 5.74) is 2.73. The molecule has 4 rings (SSSR count). The van der Waals surface area contributed by atoms with E-state index < -0.39 is 5.97 Å². The fraction of sp³-hybridized carbons (Fsp3) is 0.0455. The van der Waals surface area contributed by atoms with Gasteiger partial charge in [-0.25, -0.2) is 4.79 Å². The topological polar surface area (TPSA) is 85.5 Å². The molecule has 138 valence electrons. The molecule has 3 aromatic carbocycles. The Labute approximate surface area is 161 Å². The number of ether oxygens (including phenoxy) is 1. The van der Waals surface area contributed by atoms with Gasteiger partial charge in [-0.2, -0.15) is 0 Å². The summed E-state index contributed by atoms with van der Waals surface area (Å²) < 4.78 is 11.5. The van der Waals surface area contributed by atoms with Gasteiger partial charge in [0.1, 0.15) is 12.4 Å². The summed E-state index contributed by atoms with van der Waals surface area (Å²) in [7, 11) is 0. The predicted octanol–water partition coefficient (Wildman–Crippen LogP) is 4.68. The standard InChI is InChI=1S/C22H16N2O4/c25-22(26)18-8-6-16(7-9-18)20-23-24-21(28-20)17-10-12-19(13-11-17)27-14-15-4-2-1-3-5-15/h1-13H,14H2,(H,25,26). The first kappa shape index (κ1) is 17.5. The number of hydrogen-bond donors (Lipinski definition) is 1. The fourth-order valence-electron chi connectivity index (χ4n) is 2.65. The Balaban J connectivity index is 1.45. The maximum absolute atomic E-state index is 10.9. The van der Waals surface area contributed by atoms with Gasteiger partial charge >= 0.3 is 5.97 Å². The van der Waals surface area contributed by atoms with Gasteiger partial charge in [-0.05, 0) is 54.1 Å². The van der Waals surface area contributed by atoms with Crippen LogP contribution in [0.15, 0.2) is 83.3 Å². The quantitative estimate of drug-likeness (QED) is 0.529. The van der Waals surface area contributed by atoms with Crippen molar-refractivity contribution in [1.29, 1.82) is 0 Å².